The van der Waals surface area contributed by atoms with Gasteiger partial charge in [0.1, 0.15) is 18.2 Å². The van der Waals surface area contributed by atoms with E-state index < -0.39 is 5.82 Å². The predicted molar refractivity (Wildman–Crippen MR) is 85.9 cm³/mol. The van der Waals surface area contributed by atoms with E-state index in [0.29, 0.717) is 19.1 Å². The molecule has 0 saturated heterocycles. The van der Waals surface area contributed by atoms with Crippen LogP contribution in [0.15, 0.2) is 42.5 Å². The minimum absolute atomic E-state index is 0.116. The second-order valence-electron chi connectivity index (χ2n) is 5.13. The highest BCUT2D eigenvalue weighted by molar-refractivity contribution is 6.31. The molecule has 2 nitrogen and oxygen atoms in total. The summed E-state index contributed by atoms with van der Waals surface area (Å²) < 4.78 is 18.7. The number of halogens is 2. The highest BCUT2D eigenvalue weighted by Crippen LogP contribution is 2.20. The van der Waals surface area contributed by atoms with Crippen molar-refractivity contribution in [1.29, 1.82) is 0 Å². The van der Waals surface area contributed by atoms with E-state index in [0.717, 1.165) is 11.4 Å². The average molecular weight is 308 g/mol. The molecule has 4 heteroatoms. The average Bonchev–Trinajstić information content (AvgIpc) is 2.47. The van der Waals surface area contributed by atoms with Gasteiger partial charge in [0.15, 0.2) is 0 Å². The van der Waals surface area contributed by atoms with Crippen molar-refractivity contribution in [2.24, 2.45) is 0 Å². The highest BCUT2D eigenvalue weighted by atomic mass is 35.5. The van der Waals surface area contributed by atoms with Gasteiger partial charge in [0.2, 0.25) is 0 Å². The van der Waals surface area contributed by atoms with E-state index in [-0.39, 0.29) is 5.02 Å². The Morgan fingerprint density at radius 2 is 1.86 bits per heavy atom. The van der Waals surface area contributed by atoms with Gasteiger partial charge in [0.05, 0.1) is 5.02 Å². The summed E-state index contributed by atoms with van der Waals surface area (Å²) in [5, 5.41) is 3.25. The van der Waals surface area contributed by atoms with Crippen LogP contribution in [-0.4, -0.2) is 13.2 Å². The van der Waals surface area contributed by atoms with E-state index in [1.807, 2.05) is 12.1 Å². The monoisotopic (exact) mass is 307 g/mol. The van der Waals surface area contributed by atoms with Crippen LogP contribution in [0, 0.1) is 5.82 Å². The molecule has 0 aromatic heterocycles. The Bertz CT molecular complexity index is 584. The van der Waals surface area contributed by atoms with Crippen LogP contribution in [0.5, 0.6) is 5.75 Å². The van der Waals surface area contributed by atoms with Crippen molar-refractivity contribution in [1.82, 2.24) is 0 Å². The van der Waals surface area contributed by atoms with Gasteiger partial charge in [-0.1, -0.05) is 37.6 Å². The van der Waals surface area contributed by atoms with E-state index in [2.05, 4.69) is 31.3 Å². The molecule has 0 saturated carbocycles. The van der Waals surface area contributed by atoms with Gasteiger partial charge >= 0.3 is 0 Å². The van der Waals surface area contributed by atoms with Gasteiger partial charge in [-0.2, -0.15) is 0 Å². The Morgan fingerprint density at radius 3 is 2.48 bits per heavy atom. The lowest BCUT2D eigenvalue weighted by atomic mass is 10.0. The lowest BCUT2D eigenvalue weighted by Gasteiger charge is -2.10. The zero-order valence-corrected chi connectivity index (χ0v) is 13.0. The van der Waals surface area contributed by atoms with E-state index in [1.54, 1.807) is 12.1 Å². The molecule has 0 aliphatic carbocycles. The van der Waals surface area contributed by atoms with E-state index in [9.17, 15) is 4.39 Å². The van der Waals surface area contributed by atoms with Crippen LogP contribution in [0.2, 0.25) is 5.02 Å². The van der Waals surface area contributed by atoms with E-state index in [4.69, 9.17) is 16.3 Å². The van der Waals surface area contributed by atoms with Crippen LogP contribution < -0.4 is 10.1 Å². The maximum Gasteiger partial charge on any atom is 0.141 e. The topological polar surface area (TPSA) is 21.3 Å². The normalized spacial score (nSPS) is 10.7. The summed E-state index contributed by atoms with van der Waals surface area (Å²) in [6.45, 7) is 5.46. The van der Waals surface area contributed by atoms with Crippen LogP contribution in [0.4, 0.5) is 10.1 Å². The summed E-state index contributed by atoms with van der Waals surface area (Å²) in [5.74, 6) is 0.950. The fourth-order valence-electron chi connectivity index (χ4n) is 1.92. The maximum atomic E-state index is 13.0. The third-order valence-corrected chi connectivity index (χ3v) is 3.46. The SMILES string of the molecule is CC(C)c1ccc(OCCNc2ccc(F)c(Cl)c2)cc1. The number of hydrogen-bond acceptors (Lipinski definition) is 2. The first kappa shape index (κ1) is 15.6. The number of ether oxygens (including phenoxy) is 1. The summed E-state index contributed by atoms with van der Waals surface area (Å²) in [4.78, 5) is 0. The largest absolute Gasteiger partial charge is 0.492 e. The second kappa shape index (κ2) is 7.32. The summed E-state index contributed by atoms with van der Waals surface area (Å²) >= 11 is 5.72. The molecule has 1 N–H and O–H groups in total. The number of benzene rings is 2. The smallest absolute Gasteiger partial charge is 0.141 e. The number of rotatable bonds is 6. The molecule has 0 atom stereocenters. The van der Waals surface area contributed by atoms with Gasteiger partial charge in [0, 0.05) is 12.2 Å². The highest BCUT2D eigenvalue weighted by Gasteiger charge is 2.01. The molecule has 0 bridgehead atoms. The quantitative estimate of drug-likeness (QED) is 0.750. The zero-order valence-electron chi connectivity index (χ0n) is 12.2. The van der Waals surface area contributed by atoms with E-state index >= 15 is 0 Å². The van der Waals surface area contributed by atoms with Gasteiger partial charge in [-0.15, -0.1) is 0 Å². The minimum atomic E-state index is -0.413. The number of hydrogen-bond donors (Lipinski definition) is 1. The molecule has 2 aromatic rings. The van der Waals surface area contributed by atoms with Gasteiger partial charge in [-0.05, 0) is 41.8 Å². The Kier molecular flexibility index (Phi) is 5.45. The number of anilines is 1. The van der Waals surface area contributed by atoms with Crippen LogP contribution in [0.3, 0.4) is 0 Å². The summed E-state index contributed by atoms with van der Waals surface area (Å²) in [5.41, 5.74) is 2.07. The Hall–Kier alpha value is -1.74. The van der Waals surface area contributed by atoms with Crippen molar-refractivity contribution >= 4 is 17.3 Å². The van der Waals surface area contributed by atoms with Gasteiger partial charge in [0.25, 0.3) is 0 Å². The van der Waals surface area contributed by atoms with Crippen molar-refractivity contribution in [3.63, 3.8) is 0 Å². The first-order valence-corrected chi connectivity index (χ1v) is 7.36. The second-order valence-corrected chi connectivity index (χ2v) is 5.54. The van der Waals surface area contributed by atoms with Gasteiger partial charge in [-0.25, -0.2) is 4.39 Å². The Labute approximate surface area is 129 Å². The molecule has 0 fully saturated rings. The fraction of sp³-hybridized carbons (Fsp3) is 0.294. The van der Waals surface area contributed by atoms with Crippen LogP contribution in [0.1, 0.15) is 25.3 Å². The summed E-state index contributed by atoms with van der Waals surface area (Å²) in [6.07, 6.45) is 0. The van der Waals surface area contributed by atoms with Crippen molar-refractivity contribution in [3.8, 4) is 5.75 Å². The molecule has 0 aliphatic heterocycles. The van der Waals surface area contributed by atoms with Crippen molar-refractivity contribution < 1.29 is 9.13 Å². The Morgan fingerprint density at radius 1 is 1.14 bits per heavy atom. The standard InChI is InChI=1S/C17H19ClFNO/c1-12(2)13-3-6-15(7-4-13)21-10-9-20-14-5-8-17(19)16(18)11-14/h3-8,11-12,20H,9-10H2,1-2H3. The number of nitrogens with one attached hydrogen (secondary N) is 1. The third kappa shape index (κ3) is 4.64. The first-order chi connectivity index (χ1) is 10.1. The van der Waals surface area contributed by atoms with Crippen LogP contribution in [-0.2, 0) is 0 Å². The molecule has 0 unspecified atom stereocenters. The first-order valence-electron chi connectivity index (χ1n) is 6.98. The lowest BCUT2D eigenvalue weighted by molar-refractivity contribution is 0.333. The molecule has 2 aromatic carbocycles. The lowest BCUT2D eigenvalue weighted by Crippen LogP contribution is -2.11. The summed E-state index contributed by atoms with van der Waals surface area (Å²) in [6, 6.07) is 12.7. The molecular formula is C17H19ClFNO. The Balaban J connectivity index is 1.77. The molecule has 2 rings (SSSR count). The predicted octanol–water partition coefficient (Wildman–Crippen LogP) is 5.09. The molecule has 0 spiro atoms. The van der Waals surface area contributed by atoms with Crippen molar-refractivity contribution in [2.45, 2.75) is 19.8 Å². The van der Waals surface area contributed by atoms with E-state index in [1.165, 1.54) is 11.6 Å². The van der Waals surface area contributed by atoms with Crippen LogP contribution in [0.25, 0.3) is 0 Å². The van der Waals surface area contributed by atoms with Crippen molar-refractivity contribution in [3.05, 3.63) is 58.9 Å². The third-order valence-electron chi connectivity index (χ3n) is 3.17. The maximum absolute atomic E-state index is 13.0. The minimum Gasteiger partial charge on any atom is -0.492 e. The summed E-state index contributed by atoms with van der Waals surface area (Å²) in [7, 11) is 0. The molecule has 0 heterocycles. The molecule has 112 valence electrons. The molecule has 21 heavy (non-hydrogen) atoms. The van der Waals surface area contributed by atoms with Gasteiger partial charge < -0.3 is 10.1 Å². The molecule has 0 aliphatic rings. The molecule has 0 radical (unpaired) electrons. The molecule has 0 amide bonds. The van der Waals surface area contributed by atoms with Gasteiger partial charge in [-0.3, -0.25) is 0 Å². The van der Waals surface area contributed by atoms with Crippen molar-refractivity contribution in [2.75, 3.05) is 18.5 Å². The molecular weight excluding hydrogens is 289 g/mol. The van der Waals surface area contributed by atoms with Crippen LogP contribution >= 0.6 is 11.6 Å². The fourth-order valence-corrected chi connectivity index (χ4v) is 2.10. The zero-order chi connectivity index (χ0) is 15.2.